The average molecular weight is 301 g/mol. The molecule has 0 aliphatic carbocycles. The number of hydrogen-bond acceptors (Lipinski definition) is 3. The van der Waals surface area contributed by atoms with E-state index in [1.807, 2.05) is 24.3 Å². The molecule has 0 fully saturated rings. The molecule has 4 nitrogen and oxygen atoms in total. The summed E-state index contributed by atoms with van der Waals surface area (Å²) < 4.78 is 5.65. The van der Waals surface area contributed by atoms with Crippen LogP contribution in [-0.2, 0) is 6.61 Å². The third kappa shape index (κ3) is 3.17. The number of benzene rings is 2. The predicted octanol–water partition coefficient (Wildman–Crippen LogP) is 4.01. The Bertz CT molecular complexity index is 725. The van der Waals surface area contributed by atoms with Crippen molar-refractivity contribution in [3.63, 3.8) is 0 Å². The lowest BCUT2D eigenvalue weighted by atomic mass is 10.2. The summed E-state index contributed by atoms with van der Waals surface area (Å²) in [5, 5.41) is 10.7. The Kier molecular flexibility index (Phi) is 3.79. The zero-order valence-corrected chi connectivity index (χ0v) is 11.8. The standard InChI is InChI=1S/C16H13ClN2O2/c17-12-3-1-11(2-4-12)10-21-13-5-6-14(15(20)9-13)16-18-7-8-19-16/h1-9,20H,10H2,(H,18,19). The van der Waals surface area contributed by atoms with Crippen LogP contribution in [0.5, 0.6) is 11.5 Å². The van der Waals surface area contributed by atoms with Crippen LogP contribution >= 0.6 is 11.6 Å². The number of H-pyrrole nitrogens is 1. The van der Waals surface area contributed by atoms with Crippen LogP contribution in [-0.4, -0.2) is 15.1 Å². The van der Waals surface area contributed by atoms with Crippen molar-refractivity contribution in [3.8, 4) is 22.9 Å². The van der Waals surface area contributed by atoms with Crippen molar-refractivity contribution in [1.82, 2.24) is 9.97 Å². The Morgan fingerprint density at radius 3 is 2.62 bits per heavy atom. The summed E-state index contributed by atoms with van der Waals surface area (Å²) in [6.07, 6.45) is 3.35. The molecule has 3 rings (SSSR count). The molecule has 2 N–H and O–H groups in total. The van der Waals surface area contributed by atoms with Gasteiger partial charge in [-0.25, -0.2) is 4.98 Å². The minimum Gasteiger partial charge on any atom is -0.507 e. The van der Waals surface area contributed by atoms with Gasteiger partial charge in [-0.1, -0.05) is 23.7 Å². The lowest BCUT2D eigenvalue weighted by Crippen LogP contribution is -1.95. The molecular formula is C16H13ClN2O2. The molecule has 0 atom stereocenters. The van der Waals surface area contributed by atoms with Crippen molar-refractivity contribution >= 4 is 11.6 Å². The molecule has 3 aromatic rings. The molecule has 0 saturated carbocycles. The summed E-state index contributed by atoms with van der Waals surface area (Å²) in [6.45, 7) is 0.413. The molecule has 5 heteroatoms. The fourth-order valence-electron chi connectivity index (χ4n) is 1.96. The van der Waals surface area contributed by atoms with E-state index in [9.17, 15) is 5.11 Å². The number of rotatable bonds is 4. The second-order valence-electron chi connectivity index (χ2n) is 4.53. The lowest BCUT2D eigenvalue weighted by molar-refractivity contribution is 0.304. The van der Waals surface area contributed by atoms with Crippen molar-refractivity contribution in [1.29, 1.82) is 0 Å². The van der Waals surface area contributed by atoms with Gasteiger partial charge in [0.15, 0.2) is 0 Å². The highest BCUT2D eigenvalue weighted by molar-refractivity contribution is 6.30. The molecule has 0 spiro atoms. The molecule has 1 aromatic heterocycles. The predicted molar refractivity (Wildman–Crippen MR) is 81.5 cm³/mol. The summed E-state index contributed by atoms with van der Waals surface area (Å²) in [4.78, 5) is 7.06. The number of aromatic hydroxyl groups is 1. The molecule has 21 heavy (non-hydrogen) atoms. The number of aromatic nitrogens is 2. The van der Waals surface area contributed by atoms with Crippen LogP contribution in [0.25, 0.3) is 11.4 Å². The quantitative estimate of drug-likeness (QED) is 0.765. The van der Waals surface area contributed by atoms with Gasteiger partial charge in [-0.2, -0.15) is 0 Å². The van der Waals surface area contributed by atoms with E-state index in [1.54, 1.807) is 30.6 Å². The van der Waals surface area contributed by atoms with Gasteiger partial charge >= 0.3 is 0 Å². The molecule has 0 aliphatic rings. The van der Waals surface area contributed by atoms with Crippen LogP contribution in [0.2, 0.25) is 5.02 Å². The van der Waals surface area contributed by atoms with Crippen LogP contribution in [0.3, 0.4) is 0 Å². The van der Waals surface area contributed by atoms with E-state index in [4.69, 9.17) is 16.3 Å². The number of halogens is 1. The van der Waals surface area contributed by atoms with Gasteiger partial charge in [0.25, 0.3) is 0 Å². The summed E-state index contributed by atoms with van der Waals surface area (Å²) >= 11 is 5.83. The van der Waals surface area contributed by atoms with Crippen molar-refractivity contribution in [2.45, 2.75) is 6.61 Å². The molecule has 0 aliphatic heterocycles. The third-order valence-corrected chi connectivity index (χ3v) is 3.29. The number of phenolic OH excluding ortho intramolecular Hbond substituents is 1. The Labute approximate surface area is 127 Å². The number of aromatic amines is 1. The van der Waals surface area contributed by atoms with E-state index in [0.717, 1.165) is 5.56 Å². The van der Waals surface area contributed by atoms with Gasteiger partial charge in [0.2, 0.25) is 0 Å². The van der Waals surface area contributed by atoms with Crippen LogP contribution in [0, 0.1) is 0 Å². The van der Waals surface area contributed by atoms with Crippen molar-refractivity contribution in [2.75, 3.05) is 0 Å². The SMILES string of the molecule is Oc1cc(OCc2ccc(Cl)cc2)ccc1-c1ncc[nH]1. The molecular weight excluding hydrogens is 288 g/mol. The first-order chi connectivity index (χ1) is 10.2. The highest BCUT2D eigenvalue weighted by atomic mass is 35.5. The fraction of sp³-hybridized carbons (Fsp3) is 0.0625. The smallest absolute Gasteiger partial charge is 0.141 e. The number of nitrogens with zero attached hydrogens (tertiary/aromatic N) is 1. The van der Waals surface area contributed by atoms with Crippen molar-refractivity contribution in [2.24, 2.45) is 0 Å². The van der Waals surface area contributed by atoms with Crippen LogP contribution in [0.15, 0.2) is 54.9 Å². The third-order valence-electron chi connectivity index (χ3n) is 3.04. The molecule has 0 unspecified atom stereocenters. The second-order valence-corrected chi connectivity index (χ2v) is 4.97. The number of hydrogen-bond donors (Lipinski definition) is 2. The van der Waals surface area contributed by atoms with Gasteiger partial charge in [0.05, 0.1) is 5.56 Å². The van der Waals surface area contributed by atoms with Gasteiger partial charge in [-0.3, -0.25) is 0 Å². The maximum absolute atomic E-state index is 10.0. The minimum atomic E-state index is 0.124. The zero-order valence-electron chi connectivity index (χ0n) is 11.1. The van der Waals surface area contributed by atoms with E-state index in [-0.39, 0.29) is 5.75 Å². The Morgan fingerprint density at radius 2 is 1.95 bits per heavy atom. The summed E-state index contributed by atoms with van der Waals surface area (Å²) in [7, 11) is 0. The number of imidazole rings is 1. The van der Waals surface area contributed by atoms with Gasteiger partial charge in [-0.15, -0.1) is 0 Å². The first-order valence-corrected chi connectivity index (χ1v) is 6.80. The first-order valence-electron chi connectivity index (χ1n) is 6.42. The molecule has 2 aromatic carbocycles. The van der Waals surface area contributed by atoms with Crippen LogP contribution in [0.1, 0.15) is 5.56 Å². The molecule has 0 radical (unpaired) electrons. The van der Waals surface area contributed by atoms with Gasteiger partial charge in [0.1, 0.15) is 23.9 Å². The Hall–Kier alpha value is -2.46. The second kappa shape index (κ2) is 5.89. The van der Waals surface area contributed by atoms with E-state index in [0.29, 0.717) is 28.8 Å². The molecule has 0 bridgehead atoms. The lowest BCUT2D eigenvalue weighted by Gasteiger charge is -2.08. The Balaban J connectivity index is 1.72. The van der Waals surface area contributed by atoms with E-state index in [1.165, 1.54) is 0 Å². The molecule has 0 saturated heterocycles. The first kappa shape index (κ1) is 13.5. The summed E-state index contributed by atoms with van der Waals surface area (Å²) in [6, 6.07) is 12.6. The maximum Gasteiger partial charge on any atom is 0.141 e. The van der Waals surface area contributed by atoms with Crippen molar-refractivity contribution in [3.05, 3.63) is 65.4 Å². The Morgan fingerprint density at radius 1 is 1.14 bits per heavy atom. The minimum absolute atomic E-state index is 0.124. The summed E-state index contributed by atoms with van der Waals surface area (Å²) in [5.41, 5.74) is 1.65. The normalized spacial score (nSPS) is 10.5. The van der Waals surface area contributed by atoms with Crippen LogP contribution < -0.4 is 4.74 Å². The maximum atomic E-state index is 10.0. The topological polar surface area (TPSA) is 58.1 Å². The number of nitrogens with one attached hydrogen (secondary N) is 1. The van der Waals surface area contributed by atoms with Crippen molar-refractivity contribution < 1.29 is 9.84 Å². The van der Waals surface area contributed by atoms with Gasteiger partial charge in [0, 0.05) is 23.5 Å². The van der Waals surface area contributed by atoms with E-state index in [2.05, 4.69) is 9.97 Å². The molecule has 106 valence electrons. The molecule has 0 amide bonds. The van der Waals surface area contributed by atoms with E-state index >= 15 is 0 Å². The fourth-order valence-corrected chi connectivity index (χ4v) is 2.09. The number of ether oxygens (including phenoxy) is 1. The summed E-state index contributed by atoms with van der Waals surface area (Å²) in [5.74, 6) is 1.34. The van der Waals surface area contributed by atoms with Gasteiger partial charge in [-0.05, 0) is 29.8 Å². The van der Waals surface area contributed by atoms with Gasteiger partial charge < -0.3 is 14.8 Å². The average Bonchev–Trinajstić information content (AvgIpc) is 3.01. The van der Waals surface area contributed by atoms with E-state index < -0.39 is 0 Å². The number of phenols is 1. The largest absolute Gasteiger partial charge is 0.507 e. The zero-order chi connectivity index (χ0) is 14.7. The molecule has 1 heterocycles. The monoisotopic (exact) mass is 300 g/mol. The van der Waals surface area contributed by atoms with Crippen LogP contribution in [0.4, 0.5) is 0 Å². The highest BCUT2D eigenvalue weighted by Gasteiger charge is 2.08. The highest BCUT2D eigenvalue weighted by Crippen LogP contribution is 2.30.